The number of phenols is 1. The number of nitrogens with one attached hydrogen (secondary N) is 1. The normalized spacial score (nSPS) is 18.0. The van der Waals surface area contributed by atoms with E-state index in [9.17, 15) is 13.5 Å². The van der Waals surface area contributed by atoms with Gasteiger partial charge in [0.15, 0.2) is 0 Å². The molecule has 2 rings (SSSR count). The van der Waals surface area contributed by atoms with E-state index in [1.54, 1.807) is 17.3 Å². The zero-order valence-corrected chi connectivity index (χ0v) is 13.5. The summed E-state index contributed by atoms with van der Waals surface area (Å²) in [6.45, 7) is 5.44. The van der Waals surface area contributed by atoms with Crippen LogP contribution in [0, 0.1) is 6.92 Å². The van der Waals surface area contributed by atoms with Crippen LogP contribution in [-0.2, 0) is 16.6 Å². The number of hydrogen-bond donors (Lipinski definition) is 2. The number of hydrogen-bond acceptors (Lipinski definition) is 4. The molecule has 0 aliphatic carbocycles. The maximum atomic E-state index is 11.8. The van der Waals surface area contributed by atoms with Gasteiger partial charge in [-0.1, -0.05) is 17.7 Å². The summed E-state index contributed by atoms with van der Waals surface area (Å²) < 4.78 is 25.2. The molecule has 0 aromatic heterocycles. The fraction of sp³-hybridized carbons (Fsp3) is 0.600. The summed E-state index contributed by atoms with van der Waals surface area (Å²) in [5.41, 5.74) is 2.01. The molecule has 1 heterocycles. The van der Waals surface area contributed by atoms with Crippen molar-refractivity contribution in [2.45, 2.75) is 39.3 Å². The third kappa shape index (κ3) is 4.18. The van der Waals surface area contributed by atoms with Crippen molar-refractivity contribution in [3.05, 3.63) is 29.3 Å². The first-order valence-corrected chi connectivity index (χ1v) is 9.03. The summed E-state index contributed by atoms with van der Waals surface area (Å²) in [6.07, 6.45) is 1.62. The molecule has 0 unspecified atom stereocenters. The first-order chi connectivity index (χ1) is 9.92. The fourth-order valence-corrected chi connectivity index (χ4v) is 3.76. The standard InChI is InChI=1S/C15H24N2O3S/c1-3-21(19,20)17-8-6-14(7-9-17)16-11-13-10-12(2)4-5-15(13)18/h4-5,10,14,16,18H,3,6-9,11H2,1-2H3. The molecule has 0 bridgehead atoms. The van der Waals surface area contributed by atoms with Crippen LogP contribution in [0.15, 0.2) is 18.2 Å². The van der Waals surface area contributed by atoms with E-state index in [0.29, 0.717) is 31.4 Å². The lowest BCUT2D eigenvalue weighted by Gasteiger charge is -2.31. The van der Waals surface area contributed by atoms with E-state index in [0.717, 1.165) is 24.0 Å². The van der Waals surface area contributed by atoms with Crippen LogP contribution < -0.4 is 5.32 Å². The quantitative estimate of drug-likeness (QED) is 0.866. The van der Waals surface area contributed by atoms with Crippen molar-refractivity contribution in [1.29, 1.82) is 0 Å². The molecule has 1 fully saturated rings. The Kier molecular flexibility index (Phi) is 5.24. The molecule has 2 N–H and O–H groups in total. The molecule has 0 radical (unpaired) electrons. The topological polar surface area (TPSA) is 69.6 Å². The summed E-state index contributed by atoms with van der Waals surface area (Å²) in [7, 11) is -3.06. The van der Waals surface area contributed by atoms with E-state index in [1.807, 2.05) is 19.1 Å². The molecule has 1 aliphatic heterocycles. The van der Waals surface area contributed by atoms with E-state index in [4.69, 9.17) is 0 Å². The molecule has 6 heteroatoms. The van der Waals surface area contributed by atoms with E-state index >= 15 is 0 Å². The van der Waals surface area contributed by atoms with Crippen molar-refractivity contribution in [1.82, 2.24) is 9.62 Å². The Balaban J connectivity index is 1.86. The number of piperidine rings is 1. The van der Waals surface area contributed by atoms with E-state index in [1.165, 1.54) is 0 Å². The van der Waals surface area contributed by atoms with Gasteiger partial charge < -0.3 is 10.4 Å². The van der Waals surface area contributed by atoms with Crippen LogP contribution in [0.2, 0.25) is 0 Å². The number of aryl methyl sites for hydroxylation is 1. The fourth-order valence-electron chi connectivity index (χ4n) is 2.63. The van der Waals surface area contributed by atoms with Gasteiger partial charge in [0.2, 0.25) is 10.0 Å². The highest BCUT2D eigenvalue weighted by Crippen LogP contribution is 2.19. The largest absolute Gasteiger partial charge is 0.508 e. The Morgan fingerprint density at radius 1 is 1.33 bits per heavy atom. The van der Waals surface area contributed by atoms with Gasteiger partial charge in [-0.15, -0.1) is 0 Å². The smallest absolute Gasteiger partial charge is 0.213 e. The second kappa shape index (κ2) is 6.77. The molecular formula is C15H24N2O3S. The molecule has 0 saturated carbocycles. The van der Waals surface area contributed by atoms with Gasteiger partial charge >= 0.3 is 0 Å². The SMILES string of the molecule is CCS(=O)(=O)N1CCC(NCc2cc(C)ccc2O)CC1. The predicted octanol–water partition coefficient (Wildman–Crippen LogP) is 1.60. The second-order valence-electron chi connectivity index (χ2n) is 5.59. The van der Waals surface area contributed by atoms with Crippen LogP contribution in [0.25, 0.3) is 0 Å². The number of sulfonamides is 1. The van der Waals surface area contributed by atoms with Gasteiger partial charge in [0, 0.05) is 31.2 Å². The van der Waals surface area contributed by atoms with Crippen molar-refractivity contribution >= 4 is 10.0 Å². The van der Waals surface area contributed by atoms with Crippen molar-refractivity contribution < 1.29 is 13.5 Å². The Hall–Kier alpha value is -1.11. The summed E-state index contributed by atoms with van der Waals surface area (Å²) >= 11 is 0. The summed E-state index contributed by atoms with van der Waals surface area (Å²) in [5, 5.41) is 13.2. The molecule has 0 spiro atoms. The van der Waals surface area contributed by atoms with Gasteiger partial charge in [-0.25, -0.2) is 12.7 Å². The van der Waals surface area contributed by atoms with Gasteiger partial charge in [0.1, 0.15) is 5.75 Å². The minimum absolute atomic E-state index is 0.169. The van der Waals surface area contributed by atoms with Gasteiger partial charge in [0.05, 0.1) is 5.75 Å². The van der Waals surface area contributed by atoms with Crippen molar-refractivity contribution in [2.24, 2.45) is 0 Å². The summed E-state index contributed by atoms with van der Waals surface area (Å²) in [4.78, 5) is 0. The highest BCUT2D eigenvalue weighted by molar-refractivity contribution is 7.89. The van der Waals surface area contributed by atoms with E-state index in [2.05, 4.69) is 5.32 Å². The molecular weight excluding hydrogens is 288 g/mol. The predicted molar refractivity (Wildman–Crippen MR) is 83.7 cm³/mol. The molecule has 0 amide bonds. The zero-order valence-electron chi connectivity index (χ0n) is 12.7. The molecule has 21 heavy (non-hydrogen) atoms. The maximum absolute atomic E-state index is 11.8. The average Bonchev–Trinajstić information content (AvgIpc) is 2.48. The van der Waals surface area contributed by atoms with Crippen LogP contribution in [0.5, 0.6) is 5.75 Å². The van der Waals surface area contributed by atoms with Crippen molar-refractivity contribution in [3.8, 4) is 5.75 Å². The molecule has 1 aromatic rings. The molecule has 0 atom stereocenters. The number of nitrogens with zero attached hydrogens (tertiary/aromatic N) is 1. The van der Waals surface area contributed by atoms with Crippen LogP contribution in [0.1, 0.15) is 30.9 Å². The minimum atomic E-state index is -3.06. The monoisotopic (exact) mass is 312 g/mol. The Morgan fingerprint density at radius 3 is 2.62 bits per heavy atom. The number of benzene rings is 1. The summed E-state index contributed by atoms with van der Waals surface area (Å²) in [5.74, 6) is 0.474. The number of rotatable bonds is 5. The van der Waals surface area contributed by atoms with Crippen molar-refractivity contribution in [3.63, 3.8) is 0 Å². The van der Waals surface area contributed by atoms with Crippen LogP contribution in [-0.4, -0.2) is 42.7 Å². The van der Waals surface area contributed by atoms with Crippen LogP contribution in [0.4, 0.5) is 0 Å². The lowest BCUT2D eigenvalue weighted by molar-refractivity contribution is 0.288. The lowest BCUT2D eigenvalue weighted by Crippen LogP contribution is -2.45. The Bertz CT molecular complexity index is 579. The number of aromatic hydroxyl groups is 1. The zero-order chi connectivity index (χ0) is 15.5. The molecule has 118 valence electrons. The molecule has 5 nitrogen and oxygen atoms in total. The van der Waals surface area contributed by atoms with Crippen LogP contribution in [0.3, 0.4) is 0 Å². The van der Waals surface area contributed by atoms with Gasteiger partial charge in [-0.3, -0.25) is 0 Å². The molecule has 1 saturated heterocycles. The second-order valence-corrected chi connectivity index (χ2v) is 7.84. The highest BCUT2D eigenvalue weighted by Gasteiger charge is 2.26. The van der Waals surface area contributed by atoms with E-state index in [-0.39, 0.29) is 5.75 Å². The average molecular weight is 312 g/mol. The maximum Gasteiger partial charge on any atom is 0.213 e. The first kappa shape index (κ1) is 16.3. The van der Waals surface area contributed by atoms with Gasteiger partial charge in [0.25, 0.3) is 0 Å². The number of phenolic OH excluding ortho intramolecular Hbond substituents is 1. The Labute approximate surface area is 127 Å². The van der Waals surface area contributed by atoms with Crippen molar-refractivity contribution in [2.75, 3.05) is 18.8 Å². The van der Waals surface area contributed by atoms with E-state index < -0.39 is 10.0 Å². The lowest BCUT2D eigenvalue weighted by atomic mass is 10.1. The minimum Gasteiger partial charge on any atom is -0.508 e. The van der Waals surface area contributed by atoms with Gasteiger partial charge in [-0.05, 0) is 32.8 Å². The van der Waals surface area contributed by atoms with Crippen LogP contribution >= 0.6 is 0 Å². The summed E-state index contributed by atoms with van der Waals surface area (Å²) in [6, 6.07) is 5.86. The molecule has 1 aliphatic rings. The third-order valence-corrected chi connectivity index (χ3v) is 5.91. The third-order valence-electron chi connectivity index (χ3n) is 4.03. The van der Waals surface area contributed by atoms with Gasteiger partial charge in [-0.2, -0.15) is 0 Å². The first-order valence-electron chi connectivity index (χ1n) is 7.42. The molecule has 1 aromatic carbocycles. The highest BCUT2D eigenvalue weighted by atomic mass is 32.2. The Morgan fingerprint density at radius 2 is 2.00 bits per heavy atom.